The number of rotatable bonds is 5. The maximum Gasteiger partial charge on any atom is 0.307 e. The molecule has 0 unspecified atom stereocenters. The highest BCUT2D eigenvalue weighted by Gasteiger charge is 2.26. The topological polar surface area (TPSA) is 46.6 Å². The molecule has 0 saturated heterocycles. The van der Waals surface area contributed by atoms with Crippen molar-refractivity contribution in [2.45, 2.75) is 51.0 Å². The van der Waals surface area contributed by atoms with E-state index in [1.54, 1.807) is 4.90 Å². The van der Waals surface area contributed by atoms with Crippen molar-refractivity contribution >= 4 is 11.9 Å². The molecule has 1 aliphatic carbocycles. The number of hydrogen-bond acceptors (Lipinski definition) is 3. The quantitative estimate of drug-likeness (QED) is 0.615. The van der Waals surface area contributed by atoms with Crippen LogP contribution in [0.4, 0.5) is 4.39 Å². The fourth-order valence-corrected chi connectivity index (χ4v) is 3.09. The smallest absolute Gasteiger partial charge is 0.307 e. The van der Waals surface area contributed by atoms with Crippen LogP contribution in [0.5, 0.6) is 0 Å². The lowest BCUT2D eigenvalue weighted by molar-refractivity contribution is -0.140. The standard InChI is InChI=1S/C18H24FNO3/c1-23-17(21)12-13-20(16-6-4-2-3-5-7-16)18(22)14-8-10-15(19)11-9-14/h8-11,16H,2-7,12-13H2,1H3. The van der Waals surface area contributed by atoms with Crippen LogP contribution in [0.3, 0.4) is 0 Å². The highest BCUT2D eigenvalue weighted by molar-refractivity contribution is 5.94. The Labute approximate surface area is 136 Å². The maximum atomic E-state index is 13.1. The van der Waals surface area contributed by atoms with Crippen molar-refractivity contribution in [3.05, 3.63) is 35.6 Å². The number of methoxy groups -OCH3 is 1. The number of halogens is 1. The second-order valence-electron chi connectivity index (χ2n) is 5.98. The first-order valence-electron chi connectivity index (χ1n) is 8.25. The first kappa shape index (κ1) is 17.4. The van der Waals surface area contributed by atoms with Crippen LogP contribution in [0.1, 0.15) is 55.3 Å². The summed E-state index contributed by atoms with van der Waals surface area (Å²) >= 11 is 0. The number of nitrogens with zero attached hydrogens (tertiary/aromatic N) is 1. The number of carbonyl (C=O) groups excluding carboxylic acids is 2. The van der Waals surface area contributed by atoms with Crippen LogP contribution in [0.2, 0.25) is 0 Å². The molecule has 0 aromatic heterocycles. The predicted octanol–water partition coefficient (Wildman–Crippen LogP) is 3.55. The molecular formula is C18H24FNO3. The summed E-state index contributed by atoms with van der Waals surface area (Å²) < 4.78 is 17.8. The summed E-state index contributed by atoms with van der Waals surface area (Å²) in [6, 6.07) is 5.72. The summed E-state index contributed by atoms with van der Waals surface area (Å²) in [7, 11) is 1.35. The van der Waals surface area contributed by atoms with Gasteiger partial charge in [0.05, 0.1) is 13.5 Å². The Morgan fingerprint density at radius 3 is 2.30 bits per heavy atom. The zero-order chi connectivity index (χ0) is 16.7. The number of ether oxygens (including phenoxy) is 1. The van der Waals surface area contributed by atoms with Crippen LogP contribution < -0.4 is 0 Å². The van der Waals surface area contributed by atoms with Gasteiger partial charge < -0.3 is 9.64 Å². The Morgan fingerprint density at radius 1 is 1.13 bits per heavy atom. The van der Waals surface area contributed by atoms with Crippen LogP contribution in [0, 0.1) is 5.82 Å². The lowest BCUT2D eigenvalue weighted by Gasteiger charge is -2.31. The van der Waals surface area contributed by atoms with Gasteiger partial charge in [0.15, 0.2) is 0 Å². The lowest BCUT2D eigenvalue weighted by atomic mass is 10.0. The maximum absolute atomic E-state index is 13.1. The van der Waals surface area contributed by atoms with E-state index in [1.807, 2.05) is 0 Å². The first-order valence-corrected chi connectivity index (χ1v) is 8.25. The molecule has 1 fully saturated rings. The van der Waals surface area contributed by atoms with Crippen molar-refractivity contribution in [3.63, 3.8) is 0 Å². The van der Waals surface area contributed by atoms with Crippen molar-refractivity contribution in [1.29, 1.82) is 0 Å². The molecule has 0 heterocycles. The van der Waals surface area contributed by atoms with Crippen molar-refractivity contribution in [1.82, 2.24) is 4.90 Å². The highest BCUT2D eigenvalue weighted by atomic mass is 19.1. The molecule has 23 heavy (non-hydrogen) atoms. The molecule has 1 aromatic carbocycles. The third kappa shape index (κ3) is 5.05. The van der Waals surface area contributed by atoms with Crippen LogP contribution in [-0.2, 0) is 9.53 Å². The van der Waals surface area contributed by atoms with Gasteiger partial charge in [-0.2, -0.15) is 0 Å². The van der Waals surface area contributed by atoms with Crippen molar-refractivity contribution in [2.75, 3.05) is 13.7 Å². The van der Waals surface area contributed by atoms with Gasteiger partial charge in [0.25, 0.3) is 5.91 Å². The number of benzene rings is 1. The summed E-state index contributed by atoms with van der Waals surface area (Å²) in [6.45, 7) is 0.341. The Hall–Kier alpha value is -1.91. The molecule has 0 spiro atoms. The zero-order valence-corrected chi connectivity index (χ0v) is 13.6. The minimum Gasteiger partial charge on any atom is -0.469 e. The van der Waals surface area contributed by atoms with Gasteiger partial charge in [-0.3, -0.25) is 9.59 Å². The van der Waals surface area contributed by atoms with Gasteiger partial charge in [-0.15, -0.1) is 0 Å². The molecule has 2 rings (SSSR count). The molecule has 0 bridgehead atoms. The van der Waals surface area contributed by atoms with Crippen molar-refractivity contribution < 1.29 is 18.7 Å². The van der Waals surface area contributed by atoms with Crippen LogP contribution in [0.25, 0.3) is 0 Å². The second kappa shape index (κ2) is 8.65. The predicted molar refractivity (Wildman–Crippen MR) is 85.6 cm³/mol. The molecule has 5 heteroatoms. The normalized spacial score (nSPS) is 15.7. The molecule has 126 valence electrons. The number of amides is 1. The van der Waals surface area contributed by atoms with Gasteiger partial charge in [-0.1, -0.05) is 25.7 Å². The van der Waals surface area contributed by atoms with E-state index in [9.17, 15) is 14.0 Å². The van der Waals surface area contributed by atoms with E-state index in [1.165, 1.54) is 44.2 Å². The van der Waals surface area contributed by atoms with Gasteiger partial charge in [0, 0.05) is 18.2 Å². The van der Waals surface area contributed by atoms with E-state index >= 15 is 0 Å². The summed E-state index contributed by atoms with van der Waals surface area (Å²) in [4.78, 5) is 26.1. The molecule has 1 aliphatic rings. The molecule has 0 radical (unpaired) electrons. The summed E-state index contributed by atoms with van der Waals surface area (Å²) in [5.41, 5.74) is 0.459. The van der Waals surface area contributed by atoms with Crippen LogP contribution in [0.15, 0.2) is 24.3 Å². The average molecular weight is 321 g/mol. The molecular weight excluding hydrogens is 297 g/mol. The van der Waals surface area contributed by atoms with Crippen LogP contribution >= 0.6 is 0 Å². The number of hydrogen-bond donors (Lipinski definition) is 0. The molecule has 1 amide bonds. The molecule has 0 N–H and O–H groups in total. The summed E-state index contributed by atoms with van der Waals surface area (Å²) in [6.07, 6.45) is 6.65. The van der Waals surface area contributed by atoms with E-state index in [2.05, 4.69) is 4.74 Å². The second-order valence-corrected chi connectivity index (χ2v) is 5.98. The van der Waals surface area contributed by atoms with Crippen molar-refractivity contribution in [3.8, 4) is 0 Å². The molecule has 1 aromatic rings. The highest BCUT2D eigenvalue weighted by Crippen LogP contribution is 2.24. The van der Waals surface area contributed by atoms with E-state index in [-0.39, 0.29) is 30.2 Å². The van der Waals surface area contributed by atoms with E-state index < -0.39 is 0 Å². The number of carbonyl (C=O) groups is 2. The van der Waals surface area contributed by atoms with Gasteiger partial charge in [-0.05, 0) is 37.1 Å². The molecule has 1 saturated carbocycles. The monoisotopic (exact) mass is 321 g/mol. The lowest BCUT2D eigenvalue weighted by Crippen LogP contribution is -2.41. The van der Waals surface area contributed by atoms with Gasteiger partial charge in [0.2, 0.25) is 0 Å². The summed E-state index contributed by atoms with van der Waals surface area (Å²) in [5, 5.41) is 0. The fraction of sp³-hybridized carbons (Fsp3) is 0.556. The summed E-state index contributed by atoms with van der Waals surface area (Å²) in [5.74, 6) is -0.826. The third-order valence-electron chi connectivity index (χ3n) is 4.40. The largest absolute Gasteiger partial charge is 0.469 e. The third-order valence-corrected chi connectivity index (χ3v) is 4.40. The minimum absolute atomic E-state index is 0.138. The van der Waals surface area contributed by atoms with Gasteiger partial charge >= 0.3 is 5.97 Å². The van der Waals surface area contributed by atoms with Gasteiger partial charge in [0.1, 0.15) is 5.82 Å². The number of esters is 1. The van der Waals surface area contributed by atoms with E-state index in [4.69, 9.17) is 0 Å². The average Bonchev–Trinajstić information content (AvgIpc) is 2.84. The first-order chi connectivity index (χ1) is 11.1. The Bertz CT molecular complexity index is 522. The Kier molecular flexibility index (Phi) is 6.56. The Morgan fingerprint density at radius 2 is 1.74 bits per heavy atom. The molecule has 0 aliphatic heterocycles. The van der Waals surface area contributed by atoms with E-state index in [0.29, 0.717) is 12.1 Å². The van der Waals surface area contributed by atoms with Gasteiger partial charge in [-0.25, -0.2) is 4.39 Å². The fourth-order valence-electron chi connectivity index (χ4n) is 3.09. The zero-order valence-electron chi connectivity index (χ0n) is 13.6. The molecule has 4 nitrogen and oxygen atoms in total. The Balaban J connectivity index is 2.14. The SMILES string of the molecule is COC(=O)CCN(C(=O)c1ccc(F)cc1)C1CCCCCC1. The van der Waals surface area contributed by atoms with Crippen LogP contribution in [-0.4, -0.2) is 36.5 Å². The molecule has 0 atom stereocenters. The minimum atomic E-state index is -0.364. The van der Waals surface area contributed by atoms with E-state index in [0.717, 1.165) is 25.7 Å². The van der Waals surface area contributed by atoms with Crippen molar-refractivity contribution in [2.24, 2.45) is 0 Å².